The summed E-state index contributed by atoms with van der Waals surface area (Å²) in [6, 6.07) is 2.81. The molecule has 0 amide bonds. The number of rotatable bonds is 2. The minimum atomic E-state index is -4.88. The van der Waals surface area contributed by atoms with Crippen LogP contribution in [0.25, 0.3) is 6.08 Å². The van der Waals surface area contributed by atoms with E-state index in [-0.39, 0.29) is 62.5 Å². The summed E-state index contributed by atoms with van der Waals surface area (Å²) in [7, 11) is 0. The van der Waals surface area contributed by atoms with Crippen molar-refractivity contribution in [2.24, 2.45) is 0 Å². The van der Waals surface area contributed by atoms with Gasteiger partial charge in [0.2, 0.25) is 0 Å². The summed E-state index contributed by atoms with van der Waals surface area (Å²) in [4.78, 5) is 3.64. The Balaban J connectivity index is 0.00000169. The zero-order valence-electron chi connectivity index (χ0n) is 7.42. The molecule has 0 aromatic carbocycles. The zero-order chi connectivity index (χ0) is 9.90. The average molecular weight is 245 g/mol. The van der Waals surface area contributed by atoms with Crippen molar-refractivity contribution >= 4 is 24.7 Å². The molecule has 0 aliphatic heterocycles. The molecule has 0 radical (unpaired) electrons. The van der Waals surface area contributed by atoms with Crippen molar-refractivity contribution < 1.29 is 64.3 Å². The second kappa shape index (κ2) is 6.30. The third-order valence-electron chi connectivity index (χ3n) is 1.26. The molecule has 70 valence electrons. The van der Waals surface area contributed by atoms with Crippen molar-refractivity contribution in [3.63, 3.8) is 0 Å². The Kier molecular flexibility index (Phi) is 6.60. The normalized spacial score (nSPS) is 11.4. The molecular weight excluding hydrogens is 240 g/mol. The van der Waals surface area contributed by atoms with E-state index in [4.69, 9.17) is 11.6 Å². The van der Waals surface area contributed by atoms with E-state index < -0.39 is 6.98 Å². The summed E-state index contributed by atoms with van der Waals surface area (Å²) in [5.41, 5.74) is 0.388. The van der Waals surface area contributed by atoms with Gasteiger partial charge in [-0.2, -0.15) is 0 Å². The van der Waals surface area contributed by atoms with Gasteiger partial charge in [-0.05, 0) is 17.7 Å². The van der Waals surface area contributed by atoms with Crippen LogP contribution in [0.15, 0.2) is 24.3 Å². The van der Waals surface area contributed by atoms with E-state index in [0.29, 0.717) is 5.56 Å². The van der Waals surface area contributed by atoms with Crippen LogP contribution in [0.3, 0.4) is 0 Å². The Morgan fingerprint density at radius 2 is 2.00 bits per heavy atom. The van der Waals surface area contributed by atoms with Crippen molar-refractivity contribution in [2.75, 3.05) is 0 Å². The molecule has 0 spiro atoms. The predicted octanol–water partition coefficient (Wildman–Crippen LogP) is 0.139. The molecule has 0 aliphatic carbocycles. The summed E-state index contributed by atoms with van der Waals surface area (Å²) in [5, 5.41) is 0.178. The van der Waals surface area contributed by atoms with Crippen molar-refractivity contribution in [3.05, 3.63) is 35.0 Å². The van der Waals surface area contributed by atoms with E-state index in [1.54, 1.807) is 0 Å². The van der Waals surface area contributed by atoms with Gasteiger partial charge in [-0.25, -0.2) is 4.98 Å². The largest absolute Gasteiger partial charge is 1.00 e. The average Bonchev–Trinajstić information content (AvgIpc) is 2.00. The molecule has 0 atom stereocenters. The monoisotopic (exact) mass is 245 g/mol. The van der Waals surface area contributed by atoms with E-state index in [9.17, 15) is 12.9 Å². The van der Waals surface area contributed by atoms with E-state index >= 15 is 0 Å². The summed E-state index contributed by atoms with van der Waals surface area (Å²) in [6.07, 6.45) is 2.32. The number of halogens is 4. The van der Waals surface area contributed by atoms with E-state index in [2.05, 4.69) is 4.98 Å². The predicted molar refractivity (Wildman–Crippen MR) is 47.4 cm³/mol. The van der Waals surface area contributed by atoms with Crippen LogP contribution in [0.2, 0.25) is 5.15 Å². The Morgan fingerprint density at radius 3 is 2.50 bits per heavy atom. The first-order chi connectivity index (χ1) is 5.97. The van der Waals surface area contributed by atoms with E-state index in [1.807, 2.05) is 0 Å². The van der Waals surface area contributed by atoms with Crippen molar-refractivity contribution in [3.8, 4) is 0 Å². The fourth-order valence-corrected chi connectivity index (χ4v) is 0.924. The maximum absolute atomic E-state index is 11.8. The molecule has 0 saturated carbocycles. The van der Waals surface area contributed by atoms with Crippen molar-refractivity contribution in [1.82, 2.24) is 4.98 Å². The third kappa shape index (κ3) is 6.21. The Hall–Kier alpha value is 0.671. The number of hydrogen-bond donors (Lipinski definition) is 0. The second-order valence-corrected chi connectivity index (χ2v) is 2.78. The summed E-state index contributed by atoms with van der Waals surface area (Å²) < 4.78 is 35.3. The van der Waals surface area contributed by atoms with Crippen LogP contribution < -0.4 is 51.4 Å². The van der Waals surface area contributed by atoms with Gasteiger partial charge >= 0.3 is 58.4 Å². The maximum Gasteiger partial charge on any atom is 1.00 e. The number of hydrogen-bond acceptors (Lipinski definition) is 1. The SMILES string of the molecule is F[B-](F)(F)/C=C/c1ccnc(Cl)c1.[K+]. The van der Waals surface area contributed by atoms with Gasteiger partial charge in [-0.3, -0.25) is 0 Å². The summed E-state index contributed by atoms with van der Waals surface area (Å²) in [6.45, 7) is -4.88. The minimum absolute atomic E-state index is 0. The number of aromatic nitrogens is 1. The zero-order valence-corrected chi connectivity index (χ0v) is 11.3. The van der Waals surface area contributed by atoms with Gasteiger partial charge in [-0.15, -0.1) is 5.98 Å². The van der Waals surface area contributed by atoms with Crippen LogP contribution in [-0.4, -0.2) is 12.0 Å². The maximum atomic E-state index is 11.8. The fourth-order valence-electron chi connectivity index (χ4n) is 0.741. The van der Waals surface area contributed by atoms with Gasteiger partial charge in [-0.1, -0.05) is 17.7 Å². The van der Waals surface area contributed by atoms with Gasteiger partial charge in [0.1, 0.15) is 5.15 Å². The second-order valence-electron chi connectivity index (χ2n) is 2.40. The first-order valence-electron chi connectivity index (χ1n) is 3.48. The van der Waals surface area contributed by atoms with Gasteiger partial charge in [0, 0.05) is 6.20 Å². The van der Waals surface area contributed by atoms with Crippen LogP contribution in [0.5, 0.6) is 0 Å². The molecule has 0 aliphatic rings. The molecule has 0 N–H and O–H groups in total. The molecule has 1 heterocycles. The third-order valence-corrected chi connectivity index (χ3v) is 1.46. The molecule has 1 nitrogen and oxygen atoms in total. The molecule has 0 saturated heterocycles. The minimum Gasteiger partial charge on any atom is -0.445 e. The van der Waals surface area contributed by atoms with Crippen LogP contribution in [-0.2, 0) is 0 Å². The standard InChI is InChI=1S/C7H5BClF3N.K/c9-7-5-6(2-4-13-7)1-3-8(10,11)12;/h1-5H;/q-1;+1/b3-1+;. The van der Waals surface area contributed by atoms with E-state index in [0.717, 1.165) is 6.08 Å². The van der Waals surface area contributed by atoms with Gasteiger partial charge < -0.3 is 12.9 Å². The number of pyridine rings is 1. The van der Waals surface area contributed by atoms with Crippen LogP contribution >= 0.6 is 11.6 Å². The molecule has 1 aromatic rings. The van der Waals surface area contributed by atoms with Crippen LogP contribution in [0, 0.1) is 0 Å². The topological polar surface area (TPSA) is 12.9 Å². The van der Waals surface area contributed by atoms with Crippen molar-refractivity contribution in [2.45, 2.75) is 0 Å². The first-order valence-corrected chi connectivity index (χ1v) is 3.86. The smallest absolute Gasteiger partial charge is 0.445 e. The fraction of sp³-hybridized carbons (Fsp3) is 0. The molecule has 7 heteroatoms. The van der Waals surface area contributed by atoms with Crippen molar-refractivity contribution in [1.29, 1.82) is 0 Å². The molecule has 0 unspecified atom stereocenters. The van der Waals surface area contributed by atoms with Gasteiger partial charge in [0.15, 0.2) is 0 Å². The van der Waals surface area contributed by atoms with Gasteiger partial charge in [0.05, 0.1) is 0 Å². The summed E-state index contributed by atoms with van der Waals surface area (Å²) in [5.74, 6) is 0.214. The Labute approximate surface area is 127 Å². The van der Waals surface area contributed by atoms with Gasteiger partial charge in [0.25, 0.3) is 0 Å². The molecular formula is C7H5BClF3KN. The molecule has 0 bridgehead atoms. The molecule has 1 rings (SSSR count). The summed E-state index contributed by atoms with van der Waals surface area (Å²) >= 11 is 5.47. The van der Waals surface area contributed by atoms with Crippen LogP contribution in [0.1, 0.15) is 5.56 Å². The Bertz CT molecular complexity index is 329. The quantitative estimate of drug-likeness (QED) is 0.533. The molecule has 14 heavy (non-hydrogen) atoms. The number of nitrogens with zero attached hydrogens (tertiary/aromatic N) is 1. The Morgan fingerprint density at radius 1 is 1.36 bits per heavy atom. The molecule has 0 fully saturated rings. The van der Waals surface area contributed by atoms with Crippen LogP contribution in [0.4, 0.5) is 12.9 Å². The molecule has 1 aromatic heterocycles. The van der Waals surface area contributed by atoms with E-state index in [1.165, 1.54) is 18.3 Å². The first kappa shape index (κ1) is 14.7.